The second kappa shape index (κ2) is 7.76. The Bertz CT molecular complexity index is 449. The summed E-state index contributed by atoms with van der Waals surface area (Å²) in [7, 11) is 1.31. The van der Waals surface area contributed by atoms with E-state index in [2.05, 4.69) is 10.1 Å². The Balaban J connectivity index is 0.00000324. The molecule has 106 valence electrons. The second-order valence-corrected chi connectivity index (χ2v) is 4.21. The van der Waals surface area contributed by atoms with Crippen LogP contribution in [-0.2, 0) is 9.53 Å². The number of anilines is 1. The maximum atomic E-state index is 11.8. The van der Waals surface area contributed by atoms with Gasteiger partial charge in [0.1, 0.15) is 0 Å². The first-order valence-corrected chi connectivity index (χ1v) is 5.70. The van der Waals surface area contributed by atoms with Crippen molar-refractivity contribution in [2.75, 3.05) is 12.4 Å². The third-order valence-electron chi connectivity index (χ3n) is 2.75. The summed E-state index contributed by atoms with van der Waals surface area (Å²) >= 11 is 0. The third kappa shape index (κ3) is 4.89. The van der Waals surface area contributed by atoms with Gasteiger partial charge in [0.05, 0.1) is 18.6 Å². The van der Waals surface area contributed by atoms with E-state index in [0.717, 1.165) is 0 Å². The summed E-state index contributed by atoms with van der Waals surface area (Å²) in [5.74, 6) is -0.912. The van der Waals surface area contributed by atoms with Crippen LogP contribution in [0.3, 0.4) is 0 Å². The molecule has 1 rings (SSSR count). The van der Waals surface area contributed by atoms with Gasteiger partial charge in [-0.05, 0) is 25.1 Å². The van der Waals surface area contributed by atoms with Gasteiger partial charge in [0.15, 0.2) is 0 Å². The van der Waals surface area contributed by atoms with E-state index >= 15 is 0 Å². The molecule has 0 heterocycles. The molecule has 0 saturated carbocycles. The Morgan fingerprint density at radius 2 is 1.95 bits per heavy atom. The minimum Gasteiger partial charge on any atom is -0.465 e. The van der Waals surface area contributed by atoms with E-state index in [4.69, 9.17) is 5.73 Å². The number of ether oxygens (including phenoxy) is 1. The number of halogens is 1. The van der Waals surface area contributed by atoms with Crippen molar-refractivity contribution in [2.24, 2.45) is 11.7 Å². The van der Waals surface area contributed by atoms with Gasteiger partial charge in [0.2, 0.25) is 5.91 Å². The Morgan fingerprint density at radius 3 is 2.47 bits per heavy atom. The molecule has 0 spiro atoms. The average Bonchev–Trinajstić information content (AvgIpc) is 2.36. The molecule has 5 nitrogen and oxygen atoms in total. The molecule has 1 amide bonds. The van der Waals surface area contributed by atoms with Gasteiger partial charge in [-0.2, -0.15) is 0 Å². The molecule has 6 heteroatoms. The first-order valence-electron chi connectivity index (χ1n) is 5.70. The minimum atomic E-state index is -0.439. The predicted molar refractivity (Wildman–Crippen MR) is 76.5 cm³/mol. The molecule has 0 aromatic heterocycles. The Hall–Kier alpha value is -1.59. The van der Waals surface area contributed by atoms with Crippen molar-refractivity contribution >= 4 is 30.0 Å². The van der Waals surface area contributed by atoms with Crippen LogP contribution in [-0.4, -0.2) is 25.0 Å². The zero-order valence-electron chi connectivity index (χ0n) is 11.2. The Labute approximate surface area is 118 Å². The number of rotatable bonds is 4. The number of amides is 1. The van der Waals surface area contributed by atoms with E-state index in [-0.39, 0.29) is 30.3 Å². The monoisotopic (exact) mass is 286 g/mol. The maximum absolute atomic E-state index is 11.8. The summed E-state index contributed by atoms with van der Waals surface area (Å²) < 4.78 is 4.61. The molecule has 0 aliphatic heterocycles. The summed E-state index contributed by atoms with van der Waals surface area (Å²) in [6.45, 7) is 3.53. The zero-order valence-corrected chi connectivity index (χ0v) is 12.0. The fourth-order valence-electron chi connectivity index (χ4n) is 1.34. The average molecular weight is 287 g/mol. The fraction of sp³-hybridized carbons (Fsp3) is 0.385. The van der Waals surface area contributed by atoms with E-state index in [1.807, 2.05) is 0 Å². The molecule has 0 radical (unpaired) electrons. The Kier molecular flexibility index (Phi) is 7.11. The van der Waals surface area contributed by atoms with Gasteiger partial charge >= 0.3 is 5.97 Å². The standard InChI is InChI=1S/C13H18N2O3.ClH/c1-8(9(2)14)12(16)15-11-6-4-5-10(7-11)13(17)18-3;/h4-9H,14H2,1-3H3,(H,15,16);1H. The largest absolute Gasteiger partial charge is 0.465 e. The molecule has 2 unspecified atom stereocenters. The number of carbonyl (C=O) groups is 2. The number of hydrogen-bond acceptors (Lipinski definition) is 4. The number of carbonyl (C=O) groups excluding carboxylic acids is 2. The molecule has 1 aromatic carbocycles. The number of nitrogens with two attached hydrogens (primary N) is 1. The van der Waals surface area contributed by atoms with Crippen LogP contribution in [0.15, 0.2) is 24.3 Å². The lowest BCUT2D eigenvalue weighted by atomic mass is 10.0. The molecule has 0 bridgehead atoms. The molecule has 3 N–H and O–H groups in total. The highest BCUT2D eigenvalue weighted by atomic mass is 35.5. The van der Waals surface area contributed by atoms with Crippen LogP contribution in [0.5, 0.6) is 0 Å². The van der Waals surface area contributed by atoms with Crippen molar-refractivity contribution in [2.45, 2.75) is 19.9 Å². The van der Waals surface area contributed by atoms with E-state index in [1.165, 1.54) is 7.11 Å². The number of benzene rings is 1. The molecule has 0 saturated heterocycles. The van der Waals surface area contributed by atoms with Crippen molar-refractivity contribution in [3.8, 4) is 0 Å². The number of methoxy groups -OCH3 is 1. The summed E-state index contributed by atoms with van der Waals surface area (Å²) in [5.41, 5.74) is 6.60. The number of esters is 1. The first-order chi connectivity index (χ1) is 8.45. The van der Waals surface area contributed by atoms with E-state index in [0.29, 0.717) is 11.3 Å². The van der Waals surface area contributed by atoms with Crippen molar-refractivity contribution < 1.29 is 14.3 Å². The molecular formula is C13H19ClN2O3. The lowest BCUT2D eigenvalue weighted by Gasteiger charge is -2.15. The van der Waals surface area contributed by atoms with Crippen molar-refractivity contribution in [1.29, 1.82) is 0 Å². The normalized spacial score (nSPS) is 12.8. The van der Waals surface area contributed by atoms with Crippen LogP contribution in [0.4, 0.5) is 5.69 Å². The smallest absolute Gasteiger partial charge is 0.337 e. The van der Waals surface area contributed by atoms with Crippen LogP contribution in [0, 0.1) is 5.92 Å². The topological polar surface area (TPSA) is 81.4 Å². The van der Waals surface area contributed by atoms with Gasteiger partial charge in [-0.1, -0.05) is 13.0 Å². The van der Waals surface area contributed by atoms with Gasteiger partial charge in [0, 0.05) is 11.7 Å². The first kappa shape index (κ1) is 17.4. The maximum Gasteiger partial charge on any atom is 0.337 e. The van der Waals surface area contributed by atoms with Crippen LogP contribution < -0.4 is 11.1 Å². The summed E-state index contributed by atoms with van der Waals surface area (Å²) in [5, 5.41) is 2.72. The zero-order chi connectivity index (χ0) is 13.7. The van der Waals surface area contributed by atoms with Gasteiger partial charge in [-0.15, -0.1) is 12.4 Å². The van der Waals surface area contributed by atoms with Crippen LogP contribution >= 0.6 is 12.4 Å². The molecular weight excluding hydrogens is 268 g/mol. The summed E-state index contributed by atoms with van der Waals surface area (Å²) in [6.07, 6.45) is 0. The van der Waals surface area contributed by atoms with Crippen LogP contribution in [0.1, 0.15) is 24.2 Å². The van der Waals surface area contributed by atoms with Crippen LogP contribution in [0.25, 0.3) is 0 Å². The fourth-order valence-corrected chi connectivity index (χ4v) is 1.34. The van der Waals surface area contributed by atoms with Crippen molar-refractivity contribution in [3.05, 3.63) is 29.8 Å². The molecule has 1 aromatic rings. The molecule has 0 aliphatic rings. The Morgan fingerprint density at radius 1 is 1.32 bits per heavy atom. The predicted octanol–water partition coefficient (Wildman–Crippen LogP) is 1.82. The summed E-state index contributed by atoms with van der Waals surface area (Å²) in [6, 6.07) is 6.35. The molecule has 0 aliphatic carbocycles. The lowest BCUT2D eigenvalue weighted by molar-refractivity contribution is -0.119. The van der Waals surface area contributed by atoms with Gasteiger partial charge < -0.3 is 15.8 Å². The highest BCUT2D eigenvalue weighted by Gasteiger charge is 2.17. The summed E-state index contributed by atoms with van der Waals surface area (Å²) in [4.78, 5) is 23.1. The minimum absolute atomic E-state index is 0. The highest BCUT2D eigenvalue weighted by Crippen LogP contribution is 2.13. The van der Waals surface area contributed by atoms with Crippen molar-refractivity contribution in [1.82, 2.24) is 0 Å². The second-order valence-electron chi connectivity index (χ2n) is 4.21. The van der Waals surface area contributed by atoms with Crippen molar-refractivity contribution in [3.63, 3.8) is 0 Å². The number of hydrogen-bond donors (Lipinski definition) is 2. The SMILES string of the molecule is COC(=O)c1cccc(NC(=O)C(C)C(C)N)c1.Cl. The quantitative estimate of drug-likeness (QED) is 0.827. The van der Waals surface area contributed by atoms with Crippen LogP contribution in [0.2, 0.25) is 0 Å². The lowest BCUT2D eigenvalue weighted by Crippen LogP contribution is -2.34. The highest BCUT2D eigenvalue weighted by molar-refractivity contribution is 5.95. The van der Waals surface area contributed by atoms with Gasteiger partial charge in [-0.25, -0.2) is 4.79 Å². The van der Waals surface area contributed by atoms with E-state index in [9.17, 15) is 9.59 Å². The number of nitrogens with one attached hydrogen (secondary N) is 1. The molecule has 19 heavy (non-hydrogen) atoms. The van der Waals surface area contributed by atoms with Gasteiger partial charge in [-0.3, -0.25) is 4.79 Å². The van der Waals surface area contributed by atoms with Gasteiger partial charge in [0.25, 0.3) is 0 Å². The van der Waals surface area contributed by atoms with E-state index < -0.39 is 5.97 Å². The third-order valence-corrected chi connectivity index (χ3v) is 2.75. The molecule has 0 fully saturated rings. The molecule has 2 atom stereocenters. The van der Waals surface area contributed by atoms with E-state index in [1.54, 1.807) is 38.1 Å².